The van der Waals surface area contributed by atoms with E-state index in [2.05, 4.69) is 10.1 Å². The van der Waals surface area contributed by atoms with Crippen LogP contribution in [-0.4, -0.2) is 24.1 Å². The second kappa shape index (κ2) is 4.85. The van der Waals surface area contributed by atoms with Crippen LogP contribution in [0, 0.1) is 0 Å². The van der Waals surface area contributed by atoms with Crippen LogP contribution in [0.25, 0.3) is 0 Å². The van der Waals surface area contributed by atoms with Crippen LogP contribution in [0.1, 0.15) is 19.8 Å². The third-order valence-electron chi connectivity index (χ3n) is 1.61. The fourth-order valence-electron chi connectivity index (χ4n) is 0.916. The van der Waals surface area contributed by atoms with E-state index in [1.165, 1.54) is 11.7 Å². The summed E-state index contributed by atoms with van der Waals surface area (Å²) in [4.78, 5) is 15.2. The predicted octanol–water partition coefficient (Wildman–Crippen LogP) is -0.644. The number of carbonyl (C=O) groups excluding carboxylic acids is 1. The van der Waals surface area contributed by atoms with Crippen molar-refractivity contribution in [2.75, 3.05) is 0 Å². The van der Waals surface area contributed by atoms with Gasteiger partial charge in [0.25, 0.3) is 10.0 Å². The molecule has 0 atom stereocenters. The summed E-state index contributed by atoms with van der Waals surface area (Å²) in [5.41, 5.74) is 0. The van der Waals surface area contributed by atoms with Crippen molar-refractivity contribution in [3.8, 4) is 0 Å². The molecule has 0 unspecified atom stereocenters. The lowest BCUT2D eigenvalue weighted by molar-refractivity contribution is -0.118. The van der Waals surface area contributed by atoms with Gasteiger partial charge in [-0.15, -0.1) is 5.10 Å². The first kappa shape index (κ1) is 13.0. The fourth-order valence-corrected chi connectivity index (χ4v) is 2.48. The molecule has 9 heteroatoms. The summed E-state index contributed by atoms with van der Waals surface area (Å²) in [6.07, 6.45) is 1.01. The molecule has 1 rings (SSSR count). The van der Waals surface area contributed by atoms with Crippen molar-refractivity contribution >= 4 is 27.3 Å². The Balaban J connectivity index is 3.17. The van der Waals surface area contributed by atoms with Crippen LogP contribution in [-0.2, 0) is 21.9 Å². The molecular formula is C7H12N4O3S2. The number of nitrogens with zero attached hydrogens (tertiary/aromatic N) is 3. The number of nitrogens with two attached hydrogens (primary N) is 1. The largest absolute Gasteiger partial charge is 0.273 e. The van der Waals surface area contributed by atoms with Gasteiger partial charge in [-0.05, 0) is 6.42 Å². The Labute approximate surface area is 96.7 Å². The van der Waals surface area contributed by atoms with Crippen LogP contribution in [0.2, 0.25) is 0 Å². The Morgan fingerprint density at radius 1 is 1.62 bits per heavy atom. The van der Waals surface area contributed by atoms with Gasteiger partial charge in [-0.25, -0.2) is 18.2 Å². The number of aromatic nitrogens is 2. The minimum Gasteiger partial charge on any atom is -0.273 e. The van der Waals surface area contributed by atoms with Crippen LogP contribution < -0.4 is 9.94 Å². The second-order valence-electron chi connectivity index (χ2n) is 3.07. The number of aryl methyl sites for hydroxylation is 1. The average Bonchev–Trinajstić information content (AvgIpc) is 2.47. The number of amides is 1. The molecule has 0 aliphatic rings. The van der Waals surface area contributed by atoms with Crippen LogP contribution in [0.3, 0.4) is 0 Å². The van der Waals surface area contributed by atoms with E-state index in [1.54, 1.807) is 0 Å². The smallest absolute Gasteiger partial charge is 0.267 e. The lowest BCUT2D eigenvalue weighted by Gasteiger charge is -1.88. The predicted molar refractivity (Wildman–Crippen MR) is 57.9 cm³/mol. The summed E-state index contributed by atoms with van der Waals surface area (Å²) in [6.45, 7) is 1.86. The van der Waals surface area contributed by atoms with Gasteiger partial charge in [0, 0.05) is 13.5 Å². The van der Waals surface area contributed by atoms with E-state index >= 15 is 0 Å². The zero-order chi connectivity index (χ0) is 12.3. The van der Waals surface area contributed by atoms with Crippen molar-refractivity contribution < 1.29 is 13.2 Å². The van der Waals surface area contributed by atoms with Crippen LogP contribution in [0.4, 0.5) is 0 Å². The van der Waals surface area contributed by atoms with Crippen molar-refractivity contribution in [3.05, 3.63) is 4.80 Å². The summed E-state index contributed by atoms with van der Waals surface area (Å²) in [6, 6.07) is 0. The van der Waals surface area contributed by atoms with E-state index in [0.717, 1.165) is 11.3 Å². The summed E-state index contributed by atoms with van der Waals surface area (Å²) < 4.78 is 23.0. The maximum atomic E-state index is 11.2. The maximum Gasteiger partial charge on any atom is 0.267 e. The van der Waals surface area contributed by atoms with Gasteiger partial charge in [0.1, 0.15) is 0 Å². The van der Waals surface area contributed by atoms with Gasteiger partial charge < -0.3 is 0 Å². The van der Waals surface area contributed by atoms with Crippen molar-refractivity contribution in [2.45, 2.75) is 24.1 Å². The molecule has 1 aromatic rings. The number of hydrogen-bond donors (Lipinski definition) is 1. The molecular weight excluding hydrogens is 252 g/mol. The van der Waals surface area contributed by atoms with Gasteiger partial charge in [-0.1, -0.05) is 18.3 Å². The molecule has 1 amide bonds. The highest BCUT2D eigenvalue weighted by Crippen LogP contribution is 2.04. The van der Waals surface area contributed by atoms with Crippen molar-refractivity contribution in [3.63, 3.8) is 0 Å². The summed E-state index contributed by atoms with van der Waals surface area (Å²) in [7, 11) is -2.33. The molecule has 0 spiro atoms. The van der Waals surface area contributed by atoms with Crippen molar-refractivity contribution in [1.82, 2.24) is 9.78 Å². The molecule has 1 heterocycles. The van der Waals surface area contributed by atoms with E-state index < -0.39 is 10.0 Å². The first-order valence-electron chi connectivity index (χ1n) is 4.49. The van der Waals surface area contributed by atoms with E-state index in [-0.39, 0.29) is 15.0 Å². The molecule has 2 N–H and O–H groups in total. The number of carbonyl (C=O) groups is 1. The quantitative estimate of drug-likeness (QED) is 0.783. The molecule has 7 nitrogen and oxygen atoms in total. The summed E-state index contributed by atoms with van der Waals surface area (Å²) >= 11 is 0.772. The molecule has 0 saturated carbocycles. The van der Waals surface area contributed by atoms with Crippen LogP contribution >= 0.6 is 11.3 Å². The molecule has 1 aromatic heterocycles. The monoisotopic (exact) mass is 264 g/mol. The maximum absolute atomic E-state index is 11.2. The van der Waals surface area contributed by atoms with Crippen molar-refractivity contribution in [2.24, 2.45) is 17.2 Å². The number of hydrogen-bond acceptors (Lipinski definition) is 5. The normalized spacial score (nSPS) is 13.1. The molecule has 0 radical (unpaired) electrons. The Morgan fingerprint density at radius 2 is 2.25 bits per heavy atom. The van der Waals surface area contributed by atoms with E-state index in [1.807, 2.05) is 6.92 Å². The Kier molecular flexibility index (Phi) is 3.94. The Bertz CT molecular complexity index is 554. The minimum atomic E-state index is -3.84. The SMILES string of the molecule is CCCC(=O)N=c1sc(S(N)(=O)=O)nn1C. The topological polar surface area (TPSA) is 107 Å². The highest BCUT2D eigenvalue weighted by molar-refractivity contribution is 7.91. The number of sulfonamides is 1. The van der Waals surface area contributed by atoms with Crippen LogP contribution in [0.5, 0.6) is 0 Å². The Hall–Kier alpha value is -1.06. The zero-order valence-electron chi connectivity index (χ0n) is 8.87. The molecule has 0 aliphatic carbocycles. The van der Waals surface area contributed by atoms with E-state index in [4.69, 9.17) is 5.14 Å². The second-order valence-corrected chi connectivity index (χ2v) is 5.77. The summed E-state index contributed by atoms with van der Waals surface area (Å²) in [5.74, 6) is -0.303. The summed E-state index contributed by atoms with van der Waals surface area (Å²) in [5, 5.41) is 8.58. The number of primary sulfonamides is 1. The first-order chi connectivity index (χ1) is 7.34. The molecule has 0 bridgehead atoms. The zero-order valence-corrected chi connectivity index (χ0v) is 10.5. The van der Waals surface area contributed by atoms with Gasteiger partial charge in [0.2, 0.25) is 15.0 Å². The first-order valence-corrected chi connectivity index (χ1v) is 6.85. The third kappa shape index (κ3) is 3.22. The minimum absolute atomic E-state index is 0.225. The highest BCUT2D eigenvalue weighted by atomic mass is 32.2. The van der Waals surface area contributed by atoms with E-state index in [9.17, 15) is 13.2 Å². The van der Waals surface area contributed by atoms with Gasteiger partial charge in [-0.2, -0.15) is 4.99 Å². The molecule has 0 aromatic carbocycles. The third-order valence-corrected chi connectivity index (χ3v) is 3.92. The van der Waals surface area contributed by atoms with Gasteiger partial charge in [0.05, 0.1) is 0 Å². The standard InChI is InChI=1S/C7H12N4O3S2/c1-3-4-5(12)9-6-11(2)10-7(15-6)16(8,13)14/h3-4H2,1-2H3,(H2,8,13,14). The van der Waals surface area contributed by atoms with Crippen LogP contribution in [0.15, 0.2) is 9.33 Å². The van der Waals surface area contributed by atoms with E-state index in [0.29, 0.717) is 12.8 Å². The number of rotatable bonds is 3. The lowest BCUT2D eigenvalue weighted by atomic mass is 10.3. The highest BCUT2D eigenvalue weighted by Gasteiger charge is 2.14. The van der Waals surface area contributed by atoms with Gasteiger partial charge in [-0.3, -0.25) is 4.79 Å². The molecule has 0 fully saturated rings. The molecule has 0 aliphatic heterocycles. The molecule has 0 saturated heterocycles. The Morgan fingerprint density at radius 3 is 2.69 bits per heavy atom. The van der Waals surface area contributed by atoms with Gasteiger partial charge >= 0.3 is 0 Å². The molecule has 16 heavy (non-hydrogen) atoms. The lowest BCUT2D eigenvalue weighted by Crippen LogP contribution is -2.15. The molecule has 90 valence electrons. The van der Waals surface area contributed by atoms with Crippen molar-refractivity contribution in [1.29, 1.82) is 0 Å². The fraction of sp³-hybridized carbons (Fsp3) is 0.571. The van der Waals surface area contributed by atoms with Gasteiger partial charge in [0.15, 0.2) is 0 Å². The average molecular weight is 264 g/mol.